The van der Waals surface area contributed by atoms with Crippen molar-refractivity contribution in [2.75, 3.05) is 18.6 Å². The fraction of sp³-hybridized carbons (Fsp3) is 0.231. The molecular weight excluding hydrogens is 569 g/mol. The molecular formula is C26H19Cl2F4NO6. The zero-order valence-corrected chi connectivity index (χ0v) is 21.7. The van der Waals surface area contributed by atoms with E-state index in [9.17, 15) is 27.9 Å². The molecule has 2 unspecified atom stereocenters. The third-order valence-corrected chi connectivity index (χ3v) is 7.09. The first-order valence-electron chi connectivity index (χ1n) is 11.2. The summed E-state index contributed by atoms with van der Waals surface area (Å²) in [7, 11) is 1.29. The number of hydrogen-bond donors (Lipinski definition) is 2. The summed E-state index contributed by atoms with van der Waals surface area (Å²) in [4.78, 5) is 24.1. The third kappa shape index (κ3) is 5.09. The predicted octanol–water partition coefficient (Wildman–Crippen LogP) is 6.53. The first-order chi connectivity index (χ1) is 18.1. The molecule has 0 saturated carbocycles. The molecule has 1 amide bonds. The van der Waals surface area contributed by atoms with Crippen LogP contribution in [-0.2, 0) is 10.4 Å². The van der Waals surface area contributed by atoms with E-state index < -0.39 is 47.6 Å². The van der Waals surface area contributed by atoms with Gasteiger partial charge in [-0.25, -0.2) is 9.18 Å². The molecule has 3 aromatic carbocycles. The summed E-state index contributed by atoms with van der Waals surface area (Å²) in [5.41, 5.74) is -5.36. The van der Waals surface area contributed by atoms with Crippen molar-refractivity contribution in [2.24, 2.45) is 0 Å². The highest BCUT2D eigenvalue weighted by atomic mass is 35.5. The third-order valence-electron chi connectivity index (χ3n) is 6.45. The molecule has 3 aromatic rings. The van der Waals surface area contributed by atoms with Crippen molar-refractivity contribution in [1.82, 2.24) is 0 Å². The lowest BCUT2D eigenvalue weighted by molar-refractivity contribution is -0.275. The fourth-order valence-electron chi connectivity index (χ4n) is 4.23. The molecule has 2 atom stereocenters. The number of alkyl halides is 3. The number of rotatable bonds is 6. The van der Waals surface area contributed by atoms with Gasteiger partial charge in [-0.3, -0.25) is 4.79 Å². The van der Waals surface area contributed by atoms with Gasteiger partial charge in [0.1, 0.15) is 23.1 Å². The van der Waals surface area contributed by atoms with Crippen LogP contribution in [0.1, 0.15) is 34.3 Å². The maximum atomic E-state index is 15.1. The molecule has 0 spiro atoms. The number of anilines is 1. The summed E-state index contributed by atoms with van der Waals surface area (Å²) in [6.45, 7) is 0.617. The van der Waals surface area contributed by atoms with Crippen molar-refractivity contribution < 1.29 is 46.8 Å². The number of nitrogens with zero attached hydrogens (tertiary/aromatic N) is 1. The average Bonchev–Trinajstić information content (AvgIpc) is 2.84. The van der Waals surface area contributed by atoms with Crippen molar-refractivity contribution >= 4 is 40.8 Å². The van der Waals surface area contributed by atoms with Crippen LogP contribution < -0.4 is 14.4 Å². The smallest absolute Gasteiger partial charge is 0.422 e. The van der Waals surface area contributed by atoms with Crippen molar-refractivity contribution in [1.29, 1.82) is 0 Å². The Hall–Kier alpha value is -3.54. The van der Waals surface area contributed by atoms with Crippen LogP contribution in [0.2, 0.25) is 10.0 Å². The largest absolute Gasteiger partial charge is 0.481 e. The molecule has 4 rings (SSSR count). The van der Waals surface area contributed by atoms with Gasteiger partial charge in [-0.05, 0) is 35.9 Å². The Morgan fingerprint density at radius 3 is 2.26 bits per heavy atom. The number of ether oxygens (including phenoxy) is 2. The minimum absolute atomic E-state index is 0.0721. The molecule has 39 heavy (non-hydrogen) atoms. The molecule has 2 N–H and O–H groups in total. The lowest BCUT2D eigenvalue weighted by Gasteiger charge is -2.38. The number of halogens is 6. The van der Waals surface area contributed by atoms with Gasteiger partial charge >= 0.3 is 12.1 Å². The minimum Gasteiger partial charge on any atom is -0.481 e. The van der Waals surface area contributed by atoms with E-state index >= 15 is 4.39 Å². The Balaban J connectivity index is 1.72. The number of carbonyl (C=O) groups is 2. The molecule has 0 bridgehead atoms. The number of carbonyl (C=O) groups excluding carboxylic acids is 1. The summed E-state index contributed by atoms with van der Waals surface area (Å²) < 4.78 is 69.3. The van der Waals surface area contributed by atoms with E-state index in [1.807, 2.05) is 0 Å². The average molecular weight is 588 g/mol. The molecule has 13 heteroatoms. The van der Waals surface area contributed by atoms with Gasteiger partial charge < -0.3 is 24.6 Å². The normalized spacial score (nSPS) is 15.7. The molecule has 7 nitrogen and oxygen atoms in total. The van der Waals surface area contributed by atoms with E-state index in [4.69, 9.17) is 37.8 Å². The molecule has 1 heterocycles. The second-order valence-corrected chi connectivity index (χ2v) is 9.57. The minimum atomic E-state index is -5.37. The number of carboxylic acid groups (broad SMARTS) is 1. The summed E-state index contributed by atoms with van der Waals surface area (Å²) >= 11 is 12.2. The summed E-state index contributed by atoms with van der Waals surface area (Å²) in [5, 5.41) is 19.9. The molecule has 1 aliphatic heterocycles. The molecule has 0 aliphatic carbocycles. The molecule has 1 aliphatic rings. The van der Waals surface area contributed by atoms with Crippen molar-refractivity contribution in [3.63, 3.8) is 0 Å². The van der Waals surface area contributed by atoms with E-state index in [0.29, 0.717) is 6.07 Å². The number of carboxylic acids is 1. The quantitative estimate of drug-likeness (QED) is 0.318. The van der Waals surface area contributed by atoms with Crippen LogP contribution in [0.4, 0.5) is 23.2 Å². The molecule has 0 aromatic heterocycles. The van der Waals surface area contributed by atoms with Gasteiger partial charge in [0.15, 0.2) is 12.2 Å². The summed E-state index contributed by atoms with van der Waals surface area (Å²) in [6, 6.07) is 8.85. The van der Waals surface area contributed by atoms with Gasteiger partial charge in [-0.15, -0.1) is 0 Å². The van der Waals surface area contributed by atoms with Crippen LogP contribution in [-0.4, -0.2) is 41.9 Å². The lowest BCUT2D eigenvalue weighted by Crippen LogP contribution is -2.47. The van der Waals surface area contributed by atoms with Crippen LogP contribution in [0.25, 0.3) is 0 Å². The Morgan fingerprint density at radius 1 is 1.08 bits per heavy atom. The lowest BCUT2D eigenvalue weighted by atomic mass is 9.77. The maximum absolute atomic E-state index is 15.1. The predicted molar refractivity (Wildman–Crippen MR) is 134 cm³/mol. The van der Waals surface area contributed by atoms with Gasteiger partial charge in [-0.1, -0.05) is 36.2 Å². The molecule has 206 valence electrons. The number of fused-ring (bicyclic) bond motifs is 1. The number of benzene rings is 3. The van der Waals surface area contributed by atoms with Crippen molar-refractivity contribution in [3.05, 3.63) is 81.1 Å². The monoisotopic (exact) mass is 587 g/mol. The Kier molecular flexibility index (Phi) is 7.46. The van der Waals surface area contributed by atoms with Gasteiger partial charge in [-0.2, -0.15) is 13.2 Å². The Bertz CT molecular complexity index is 1480. The SMILES string of the molecule is CC(c1ccc(Oc2ccc(C(=O)O)c(Cl)c2)cc1Cl)C(O)(c1cc2c(cc1F)OCC(=O)N2C)C(F)(F)F. The molecule has 0 fully saturated rings. The number of aromatic carboxylic acids is 1. The summed E-state index contributed by atoms with van der Waals surface area (Å²) in [5.74, 6) is -4.98. The van der Waals surface area contributed by atoms with Crippen molar-refractivity contribution in [3.8, 4) is 17.2 Å². The first-order valence-corrected chi connectivity index (χ1v) is 11.9. The highest BCUT2D eigenvalue weighted by Gasteiger charge is 2.60. The van der Waals surface area contributed by atoms with Crippen LogP contribution in [0, 0.1) is 5.82 Å². The Labute approximate surface area is 229 Å². The van der Waals surface area contributed by atoms with Gasteiger partial charge in [0.2, 0.25) is 0 Å². The highest BCUT2D eigenvalue weighted by molar-refractivity contribution is 6.33. The van der Waals surface area contributed by atoms with E-state index in [2.05, 4.69) is 0 Å². The van der Waals surface area contributed by atoms with Crippen molar-refractivity contribution in [2.45, 2.75) is 24.6 Å². The summed E-state index contributed by atoms with van der Waals surface area (Å²) in [6.07, 6.45) is -5.37. The van der Waals surface area contributed by atoms with E-state index in [1.54, 1.807) is 0 Å². The first kappa shape index (κ1) is 28.5. The van der Waals surface area contributed by atoms with Crippen LogP contribution in [0.3, 0.4) is 0 Å². The number of amides is 1. The zero-order valence-electron chi connectivity index (χ0n) is 20.1. The van der Waals surface area contributed by atoms with Crippen LogP contribution in [0.15, 0.2) is 48.5 Å². The van der Waals surface area contributed by atoms with Crippen LogP contribution >= 0.6 is 23.2 Å². The highest BCUT2D eigenvalue weighted by Crippen LogP contribution is 2.52. The van der Waals surface area contributed by atoms with Gasteiger partial charge in [0, 0.05) is 35.7 Å². The standard InChI is InChI=1S/C26H19Cl2F4NO6/c1-12(15-5-3-13(7-18(15)27)39-14-4-6-16(24(35)36)19(28)8-14)25(37,26(30,31)32)17-9-21-22(10-20(17)29)38-11-23(34)33(21)2/h3-10,12,37H,11H2,1-2H3,(H,35,36). The Morgan fingerprint density at radius 2 is 1.69 bits per heavy atom. The second-order valence-electron chi connectivity index (χ2n) is 8.76. The van der Waals surface area contributed by atoms with E-state index in [0.717, 1.165) is 17.9 Å². The molecule has 0 saturated heterocycles. The van der Waals surface area contributed by atoms with Gasteiger partial charge in [0.25, 0.3) is 5.91 Å². The second kappa shape index (κ2) is 10.2. The van der Waals surface area contributed by atoms with Crippen LogP contribution in [0.5, 0.6) is 17.2 Å². The van der Waals surface area contributed by atoms with E-state index in [-0.39, 0.29) is 44.1 Å². The number of likely N-dealkylation sites (N-methyl/N-ethyl adjacent to an activating group) is 1. The van der Waals surface area contributed by atoms with E-state index in [1.165, 1.54) is 43.4 Å². The van der Waals surface area contributed by atoms with Gasteiger partial charge in [0.05, 0.1) is 16.3 Å². The number of aliphatic hydroxyl groups is 1. The molecule has 0 radical (unpaired) electrons. The maximum Gasteiger partial charge on any atom is 0.422 e. The fourth-order valence-corrected chi connectivity index (χ4v) is 4.82. The topological polar surface area (TPSA) is 96.3 Å². The number of hydrogen-bond acceptors (Lipinski definition) is 5. The zero-order chi connectivity index (χ0) is 28.9.